The molecular formula is C16H22N8S. The molecule has 0 saturated carbocycles. The Labute approximate surface area is 151 Å². The number of anilines is 1. The maximum absolute atomic E-state index is 8.81. The number of nitrogens with zero attached hydrogens (tertiary/aromatic N) is 4. The summed E-state index contributed by atoms with van der Waals surface area (Å²) in [6.45, 7) is 1.36. The molecule has 0 saturated heterocycles. The fourth-order valence-corrected chi connectivity index (χ4v) is 2.85. The highest BCUT2D eigenvalue weighted by molar-refractivity contribution is 7.99. The third kappa shape index (κ3) is 7.58. The minimum absolute atomic E-state index is 0.270. The number of hydrogen-bond acceptors (Lipinski definition) is 6. The number of aromatic amines is 1. The van der Waals surface area contributed by atoms with Crippen LogP contribution in [0.3, 0.4) is 0 Å². The van der Waals surface area contributed by atoms with Crippen molar-refractivity contribution in [1.29, 1.82) is 5.26 Å². The Hall–Kier alpha value is -2.73. The second-order valence-electron chi connectivity index (χ2n) is 5.15. The average molecular weight is 358 g/mol. The number of hydrogen-bond donors (Lipinski definition) is 4. The fraction of sp³-hybridized carbons (Fsp3) is 0.375. The Morgan fingerprint density at radius 1 is 1.32 bits per heavy atom. The van der Waals surface area contributed by atoms with Gasteiger partial charge in [-0.15, -0.1) is 16.9 Å². The van der Waals surface area contributed by atoms with Crippen molar-refractivity contribution in [2.45, 2.75) is 24.2 Å². The molecule has 9 heteroatoms. The molecule has 0 aliphatic rings. The number of nitrogen functional groups attached to an aromatic ring is 1. The highest BCUT2D eigenvalue weighted by Crippen LogP contribution is 2.15. The molecule has 0 spiro atoms. The molecule has 0 bridgehead atoms. The smallest absolute Gasteiger partial charge is 0.239 e. The molecule has 5 N–H and O–H groups in total. The van der Waals surface area contributed by atoms with E-state index in [2.05, 4.69) is 42.9 Å². The molecule has 1 aromatic carbocycles. The van der Waals surface area contributed by atoms with E-state index >= 15 is 0 Å². The van der Waals surface area contributed by atoms with E-state index in [4.69, 9.17) is 11.0 Å². The SMILES string of the molecule is N#CNC(=NCCCCc1nc(N)n[nH]1)NCCSc1ccccc1. The number of aryl methyl sites for hydroxylation is 1. The van der Waals surface area contributed by atoms with Gasteiger partial charge in [0.15, 0.2) is 6.19 Å². The highest BCUT2D eigenvalue weighted by atomic mass is 32.2. The summed E-state index contributed by atoms with van der Waals surface area (Å²) in [5, 5.41) is 21.1. The van der Waals surface area contributed by atoms with E-state index in [0.717, 1.165) is 37.4 Å². The third-order valence-electron chi connectivity index (χ3n) is 3.22. The molecule has 0 fully saturated rings. The Kier molecular flexibility index (Phi) is 8.14. The van der Waals surface area contributed by atoms with Crippen LogP contribution >= 0.6 is 11.8 Å². The van der Waals surface area contributed by atoms with Crippen molar-refractivity contribution < 1.29 is 0 Å². The number of aliphatic imine (C=N–C) groups is 1. The van der Waals surface area contributed by atoms with Gasteiger partial charge in [-0.25, -0.2) is 0 Å². The van der Waals surface area contributed by atoms with Crippen molar-refractivity contribution in [3.8, 4) is 6.19 Å². The molecule has 1 heterocycles. The van der Waals surface area contributed by atoms with E-state index in [1.807, 2.05) is 24.4 Å². The second-order valence-corrected chi connectivity index (χ2v) is 6.32. The molecule has 8 nitrogen and oxygen atoms in total. The number of nitrogens with one attached hydrogen (secondary N) is 3. The molecule has 132 valence electrons. The summed E-state index contributed by atoms with van der Waals surface area (Å²) in [4.78, 5) is 9.67. The predicted molar refractivity (Wildman–Crippen MR) is 100.0 cm³/mol. The van der Waals surface area contributed by atoms with Crippen molar-refractivity contribution in [3.63, 3.8) is 0 Å². The van der Waals surface area contributed by atoms with Gasteiger partial charge in [0, 0.05) is 30.2 Å². The topological polar surface area (TPSA) is 128 Å². The Bertz CT molecular complexity index is 692. The van der Waals surface area contributed by atoms with E-state index < -0.39 is 0 Å². The van der Waals surface area contributed by atoms with E-state index in [-0.39, 0.29) is 5.95 Å². The monoisotopic (exact) mass is 358 g/mol. The van der Waals surface area contributed by atoms with Gasteiger partial charge in [-0.05, 0) is 25.0 Å². The number of unbranched alkanes of at least 4 members (excludes halogenated alkanes) is 1. The first-order chi connectivity index (χ1) is 12.3. The number of thioether (sulfide) groups is 1. The van der Waals surface area contributed by atoms with Crippen LogP contribution in [0, 0.1) is 11.5 Å². The summed E-state index contributed by atoms with van der Waals surface area (Å²) >= 11 is 1.76. The molecule has 0 unspecified atom stereocenters. The highest BCUT2D eigenvalue weighted by Gasteiger charge is 2.00. The van der Waals surface area contributed by atoms with E-state index in [1.165, 1.54) is 4.90 Å². The van der Waals surface area contributed by atoms with Crippen molar-refractivity contribution in [1.82, 2.24) is 25.8 Å². The van der Waals surface area contributed by atoms with Crippen molar-refractivity contribution >= 4 is 23.7 Å². The van der Waals surface area contributed by atoms with Gasteiger partial charge in [-0.3, -0.25) is 15.4 Å². The zero-order chi connectivity index (χ0) is 17.7. The molecule has 1 aromatic heterocycles. The number of guanidine groups is 1. The second kappa shape index (κ2) is 10.9. The van der Waals surface area contributed by atoms with Crippen LogP contribution in [0.1, 0.15) is 18.7 Å². The van der Waals surface area contributed by atoms with Crippen LogP contribution in [0.15, 0.2) is 40.2 Å². The molecule has 0 radical (unpaired) electrons. The molecule has 0 aliphatic heterocycles. The number of benzene rings is 1. The van der Waals surface area contributed by atoms with Gasteiger partial charge in [-0.1, -0.05) is 18.2 Å². The van der Waals surface area contributed by atoms with Crippen LogP contribution in [0.4, 0.5) is 5.95 Å². The molecule has 0 atom stereocenters. The van der Waals surface area contributed by atoms with Crippen LogP contribution in [-0.4, -0.2) is 40.0 Å². The number of nitriles is 1. The van der Waals surface area contributed by atoms with Crippen LogP contribution in [0.25, 0.3) is 0 Å². The number of H-pyrrole nitrogens is 1. The minimum Gasteiger partial charge on any atom is -0.367 e. The van der Waals surface area contributed by atoms with Crippen molar-refractivity contribution in [2.75, 3.05) is 24.6 Å². The van der Waals surface area contributed by atoms with Crippen molar-refractivity contribution in [3.05, 3.63) is 36.2 Å². The average Bonchev–Trinajstić information content (AvgIpc) is 3.04. The lowest BCUT2D eigenvalue weighted by Gasteiger charge is -2.08. The summed E-state index contributed by atoms with van der Waals surface area (Å²) in [5.74, 6) is 2.46. The van der Waals surface area contributed by atoms with Gasteiger partial charge >= 0.3 is 0 Å². The zero-order valence-corrected chi connectivity index (χ0v) is 14.7. The first-order valence-corrected chi connectivity index (χ1v) is 9.04. The summed E-state index contributed by atoms with van der Waals surface area (Å²) in [5.41, 5.74) is 5.45. The lowest BCUT2D eigenvalue weighted by atomic mass is 10.2. The number of rotatable bonds is 9. The maximum Gasteiger partial charge on any atom is 0.239 e. The minimum atomic E-state index is 0.270. The van der Waals surface area contributed by atoms with Crippen LogP contribution in [0.2, 0.25) is 0 Å². The molecule has 25 heavy (non-hydrogen) atoms. The third-order valence-corrected chi connectivity index (χ3v) is 4.24. The van der Waals surface area contributed by atoms with E-state index in [0.29, 0.717) is 12.5 Å². The summed E-state index contributed by atoms with van der Waals surface area (Å²) in [6, 6.07) is 10.2. The largest absolute Gasteiger partial charge is 0.367 e. The van der Waals surface area contributed by atoms with Crippen LogP contribution < -0.4 is 16.4 Å². The normalized spacial score (nSPS) is 11.1. The van der Waals surface area contributed by atoms with E-state index in [9.17, 15) is 0 Å². The Morgan fingerprint density at radius 2 is 2.16 bits per heavy atom. The summed E-state index contributed by atoms with van der Waals surface area (Å²) < 4.78 is 0. The van der Waals surface area contributed by atoms with Gasteiger partial charge in [0.25, 0.3) is 0 Å². The van der Waals surface area contributed by atoms with Gasteiger partial charge < -0.3 is 11.1 Å². The maximum atomic E-state index is 8.81. The predicted octanol–water partition coefficient (Wildman–Crippen LogP) is 1.52. The van der Waals surface area contributed by atoms with Crippen molar-refractivity contribution in [2.24, 2.45) is 4.99 Å². The molecule has 0 aliphatic carbocycles. The van der Waals surface area contributed by atoms with E-state index in [1.54, 1.807) is 11.8 Å². The zero-order valence-electron chi connectivity index (χ0n) is 13.9. The quantitative estimate of drug-likeness (QED) is 0.134. The van der Waals surface area contributed by atoms with Gasteiger partial charge in [0.05, 0.1) is 0 Å². The first kappa shape index (κ1) is 18.6. The fourth-order valence-electron chi connectivity index (χ4n) is 2.06. The Balaban J connectivity index is 1.62. The molecule has 2 aromatic rings. The number of nitrogens with two attached hydrogens (primary N) is 1. The molecule has 2 rings (SSSR count). The van der Waals surface area contributed by atoms with Gasteiger partial charge in [-0.2, -0.15) is 10.2 Å². The van der Waals surface area contributed by atoms with Crippen LogP contribution in [0.5, 0.6) is 0 Å². The molecule has 0 amide bonds. The summed E-state index contributed by atoms with van der Waals surface area (Å²) in [6.07, 6.45) is 4.49. The van der Waals surface area contributed by atoms with Gasteiger partial charge in [0.2, 0.25) is 11.9 Å². The lowest BCUT2D eigenvalue weighted by Crippen LogP contribution is -2.36. The van der Waals surface area contributed by atoms with Crippen LogP contribution in [-0.2, 0) is 6.42 Å². The lowest BCUT2D eigenvalue weighted by molar-refractivity contribution is 0.715. The first-order valence-electron chi connectivity index (χ1n) is 8.06. The molecular weight excluding hydrogens is 336 g/mol. The Morgan fingerprint density at radius 3 is 2.88 bits per heavy atom. The number of aromatic nitrogens is 3. The van der Waals surface area contributed by atoms with Gasteiger partial charge in [0.1, 0.15) is 5.82 Å². The summed E-state index contributed by atoms with van der Waals surface area (Å²) in [7, 11) is 0. The standard InChI is InChI=1S/C16H22N8S/c17-12-21-16(20-10-11-25-13-6-2-1-3-7-13)19-9-5-4-8-14-22-15(18)24-23-14/h1-3,6-7H,4-5,8-11H2,(H2,19,20,21)(H3,18,22,23,24).